The maximum absolute atomic E-state index is 11.7. The molecule has 3 rings (SSSR count). The molecule has 0 fully saturated rings. The summed E-state index contributed by atoms with van der Waals surface area (Å²) in [5.41, 5.74) is 2.63. The van der Waals surface area contributed by atoms with Gasteiger partial charge in [0.15, 0.2) is 0 Å². The Balaban J connectivity index is 2.23. The molecule has 22 heavy (non-hydrogen) atoms. The molecule has 5 heteroatoms. The number of halogens is 1. The molecule has 1 aliphatic heterocycles. The van der Waals surface area contributed by atoms with Gasteiger partial charge in [0.05, 0.1) is 12.2 Å². The van der Waals surface area contributed by atoms with Crippen molar-refractivity contribution in [1.82, 2.24) is 5.32 Å². The minimum absolute atomic E-state index is 0.215. The summed E-state index contributed by atoms with van der Waals surface area (Å²) < 4.78 is 5.63. The summed E-state index contributed by atoms with van der Waals surface area (Å²) in [6, 6.07) is 7.61. The van der Waals surface area contributed by atoms with E-state index in [2.05, 4.69) is 5.32 Å². The third-order valence-electron chi connectivity index (χ3n) is 3.99. The lowest BCUT2D eigenvalue weighted by Crippen LogP contribution is -2.33. The van der Waals surface area contributed by atoms with Gasteiger partial charge < -0.3 is 15.2 Å². The summed E-state index contributed by atoms with van der Waals surface area (Å²) in [6.45, 7) is 0.540. The standard InChI is InChI=1S/C17H16ClNO3/c1-19-9-13-12(17(20)21)8-14(18)10-6-7-22-15-5-3-2-4-11(15)16(10)13/h2-8,12-13,19H,9H2,1H3,(H,20,21)/t12-,13+/m0/s1. The first-order valence-electron chi connectivity index (χ1n) is 7.05. The average molecular weight is 318 g/mol. The van der Waals surface area contributed by atoms with Crippen molar-refractivity contribution in [3.05, 3.63) is 58.8 Å². The molecule has 0 amide bonds. The van der Waals surface area contributed by atoms with E-state index in [1.165, 1.54) is 0 Å². The third-order valence-corrected chi connectivity index (χ3v) is 4.32. The summed E-state index contributed by atoms with van der Waals surface area (Å²) in [4.78, 5) is 11.7. The first kappa shape index (κ1) is 14.9. The van der Waals surface area contributed by atoms with Gasteiger partial charge in [-0.3, -0.25) is 4.79 Å². The molecule has 0 aromatic heterocycles. The van der Waals surface area contributed by atoms with Crippen molar-refractivity contribution in [2.75, 3.05) is 13.6 Å². The van der Waals surface area contributed by atoms with Crippen molar-refractivity contribution >= 4 is 23.1 Å². The summed E-state index contributed by atoms with van der Waals surface area (Å²) in [7, 11) is 1.81. The van der Waals surface area contributed by atoms with Crippen LogP contribution in [0.5, 0.6) is 5.75 Å². The number of allylic oxidation sites excluding steroid dienone is 3. The van der Waals surface area contributed by atoms with Gasteiger partial charge in [0, 0.05) is 28.6 Å². The van der Waals surface area contributed by atoms with Crippen molar-refractivity contribution in [2.24, 2.45) is 11.8 Å². The fourth-order valence-electron chi connectivity index (χ4n) is 3.05. The number of carbonyl (C=O) groups is 1. The fraction of sp³-hybridized carbons (Fsp3) is 0.235. The quantitative estimate of drug-likeness (QED) is 0.899. The Labute approximate surface area is 133 Å². The highest BCUT2D eigenvalue weighted by atomic mass is 35.5. The van der Waals surface area contributed by atoms with Gasteiger partial charge in [0.2, 0.25) is 0 Å². The second-order valence-electron chi connectivity index (χ2n) is 5.29. The van der Waals surface area contributed by atoms with Crippen molar-refractivity contribution < 1.29 is 14.6 Å². The molecule has 0 radical (unpaired) electrons. The van der Waals surface area contributed by atoms with Crippen LogP contribution in [0.1, 0.15) is 5.56 Å². The summed E-state index contributed by atoms with van der Waals surface area (Å²) >= 11 is 6.35. The molecule has 0 saturated carbocycles. The number of para-hydroxylation sites is 1. The lowest BCUT2D eigenvalue weighted by molar-refractivity contribution is -0.141. The van der Waals surface area contributed by atoms with Crippen LogP contribution in [-0.4, -0.2) is 24.7 Å². The number of carboxylic acid groups (broad SMARTS) is 1. The zero-order chi connectivity index (χ0) is 15.7. The number of nitrogens with one attached hydrogen (secondary N) is 1. The lowest BCUT2D eigenvalue weighted by Gasteiger charge is -2.30. The van der Waals surface area contributed by atoms with Crippen molar-refractivity contribution in [2.45, 2.75) is 0 Å². The van der Waals surface area contributed by atoms with Crippen LogP contribution < -0.4 is 10.1 Å². The molecule has 1 aliphatic carbocycles. The molecule has 0 unspecified atom stereocenters. The predicted octanol–water partition coefficient (Wildman–Crippen LogP) is 3.02. The fourth-order valence-corrected chi connectivity index (χ4v) is 3.35. The number of carboxylic acids is 1. The molecule has 1 heterocycles. The second kappa shape index (κ2) is 5.99. The van der Waals surface area contributed by atoms with E-state index in [0.717, 1.165) is 16.7 Å². The van der Waals surface area contributed by atoms with Gasteiger partial charge in [-0.1, -0.05) is 35.9 Å². The van der Waals surface area contributed by atoms with Gasteiger partial charge in [-0.15, -0.1) is 0 Å². The third kappa shape index (κ3) is 2.45. The Bertz CT molecular complexity index is 706. The molecule has 2 N–H and O–H groups in total. The maximum Gasteiger partial charge on any atom is 0.311 e. The number of ether oxygens (including phenoxy) is 1. The second-order valence-corrected chi connectivity index (χ2v) is 5.69. The van der Waals surface area contributed by atoms with E-state index >= 15 is 0 Å². The first-order valence-corrected chi connectivity index (χ1v) is 7.43. The number of fused-ring (bicyclic) bond motifs is 2. The van der Waals surface area contributed by atoms with Crippen molar-refractivity contribution in [3.63, 3.8) is 0 Å². The van der Waals surface area contributed by atoms with Gasteiger partial charge >= 0.3 is 5.97 Å². The highest BCUT2D eigenvalue weighted by molar-refractivity contribution is 6.33. The van der Waals surface area contributed by atoms with Crippen LogP contribution in [0.4, 0.5) is 0 Å². The molecule has 1 aromatic rings. The summed E-state index contributed by atoms with van der Waals surface area (Å²) in [5, 5.41) is 13.1. The highest BCUT2D eigenvalue weighted by Gasteiger charge is 2.36. The van der Waals surface area contributed by atoms with Gasteiger partial charge in [-0.05, 0) is 24.8 Å². The van der Waals surface area contributed by atoms with Crippen molar-refractivity contribution in [3.8, 4) is 5.75 Å². The zero-order valence-corrected chi connectivity index (χ0v) is 12.8. The van der Waals surface area contributed by atoms with E-state index in [1.807, 2.05) is 31.3 Å². The van der Waals surface area contributed by atoms with Crippen LogP contribution in [0.3, 0.4) is 0 Å². The number of hydrogen-bond donors (Lipinski definition) is 2. The molecule has 2 atom stereocenters. The van der Waals surface area contributed by atoms with Crippen LogP contribution in [0.2, 0.25) is 0 Å². The van der Waals surface area contributed by atoms with Crippen molar-refractivity contribution in [1.29, 1.82) is 0 Å². The Kier molecular flexibility index (Phi) is 4.05. The van der Waals surface area contributed by atoms with Crippen LogP contribution in [-0.2, 0) is 4.79 Å². The van der Waals surface area contributed by atoms with Gasteiger partial charge in [0.25, 0.3) is 0 Å². The molecule has 4 nitrogen and oxygen atoms in total. The molecule has 0 bridgehead atoms. The van der Waals surface area contributed by atoms with E-state index < -0.39 is 11.9 Å². The number of benzene rings is 1. The largest absolute Gasteiger partial charge is 0.481 e. The number of hydrogen-bond acceptors (Lipinski definition) is 3. The van der Waals surface area contributed by atoms with Gasteiger partial charge in [-0.25, -0.2) is 0 Å². The Morgan fingerprint density at radius 3 is 2.91 bits per heavy atom. The molecule has 114 valence electrons. The minimum Gasteiger partial charge on any atom is -0.481 e. The smallest absolute Gasteiger partial charge is 0.311 e. The Morgan fingerprint density at radius 2 is 2.18 bits per heavy atom. The Morgan fingerprint density at radius 1 is 1.41 bits per heavy atom. The molecular weight excluding hydrogens is 302 g/mol. The van der Waals surface area contributed by atoms with Gasteiger partial charge in [-0.2, -0.15) is 0 Å². The summed E-state index contributed by atoms with van der Waals surface area (Å²) in [6.07, 6.45) is 5.01. The first-order chi connectivity index (χ1) is 10.6. The van der Waals surface area contributed by atoms with E-state index in [0.29, 0.717) is 17.3 Å². The molecule has 1 aromatic carbocycles. The molecule has 0 saturated heterocycles. The minimum atomic E-state index is -0.878. The van der Waals surface area contributed by atoms with Crippen LogP contribution in [0.15, 0.2) is 53.3 Å². The number of aliphatic carboxylic acids is 1. The SMILES string of the molecule is CNC[C@H]1C2=C(C=COc3ccccc32)C(Cl)=C[C@@H]1C(=O)O. The highest BCUT2D eigenvalue weighted by Crippen LogP contribution is 2.45. The normalized spacial score (nSPS) is 23.1. The monoisotopic (exact) mass is 317 g/mol. The molecular formula is C17H16ClNO3. The van der Waals surface area contributed by atoms with E-state index in [9.17, 15) is 9.90 Å². The zero-order valence-electron chi connectivity index (χ0n) is 12.0. The van der Waals surface area contributed by atoms with Gasteiger partial charge in [0.1, 0.15) is 5.75 Å². The van der Waals surface area contributed by atoms with E-state index in [1.54, 1.807) is 18.4 Å². The van der Waals surface area contributed by atoms with Crippen LogP contribution in [0.25, 0.3) is 5.57 Å². The topological polar surface area (TPSA) is 58.6 Å². The summed E-state index contributed by atoms with van der Waals surface area (Å²) in [5.74, 6) is -1.05. The lowest BCUT2D eigenvalue weighted by atomic mass is 9.76. The predicted molar refractivity (Wildman–Crippen MR) is 85.6 cm³/mol. The maximum atomic E-state index is 11.7. The number of rotatable bonds is 3. The van der Waals surface area contributed by atoms with E-state index in [-0.39, 0.29) is 5.92 Å². The average Bonchev–Trinajstić information content (AvgIpc) is 2.70. The van der Waals surface area contributed by atoms with Crippen LogP contribution in [0, 0.1) is 11.8 Å². The molecule has 2 aliphatic rings. The van der Waals surface area contributed by atoms with Crippen LogP contribution >= 0.6 is 11.6 Å². The molecule has 0 spiro atoms. The Hall–Kier alpha value is -2.04. The van der Waals surface area contributed by atoms with E-state index in [4.69, 9.17) is 16.3 Å².